The predicted molar refractivity (Wildman–Crippen MR) is 110 cm³/mol. The summed E-state index contributed by atoms with van der Waals surface area (Å²) in [4.78, 5) is 13.4. The van der Waals surface area contributed by atoms with E-state index in [0.717, 1.165) is 38.7 Å². The van der Waals surface area contributed by atoms with Crippen LogP contribution in [0, 0.1) is 6.92 Å². The lowest BCUT2D eigenvalue weighted by Crippen LogP contribution is -2.17. The highest BCUT2D eigenvalue weighted by Gasteiger charge is 2.30. The Labute approximate surface area is 163 Å². The molecule has 0 spiro atoms. The van der Waals surface area contributed by atoms with Gasteiger partial charge in [0.15, 0.2) is 0 Å². The first-order valence-electron chi connectivity index (χ1n) is 8.98. The number of carboxylic acid groups (broad SMARTS) is 1. The van der Waals surface area contributed by atoms with Crippen LogP contribution < -0.4 is 4.90 Å². The Hall–Kier alpha value is -2.78. The second kappa shape index (κ2) is 7.09. The van der Waals surface area contributed by atoms with E-state index in [4.69, 9.17) is 11.6 Å². The molecule has 3 nitrogen and oxygen atoms in total. The van der Waals surface area contributed by atoms with E-state index in [-0.39, 0.29) is 12.3 Å². The van der Waals surface area contributed by atoms with Gasteiger partial charge in [0, 0.05) is 28.9 Å². The van der Waals surface area contributed by atoms with Gasteiger partial charge in [-0.05, 0) is 53.4 Å². The highest BCUT2D eigenvalue weighted by atomic mass is 35.5. The molecule has 1 heterocycles. The molecule has 1 aliphatic rings. The minimum atomic E-state index is -0.761. The first-order chi connectivity index (χ1) is 13.0. The van der Waals surface area contributed by atoms with Gasteiger partial charge in [-0.1, -0.05) is 54.1 Å². The third-order valence-corrected chi connectivity index (χ3v) is 5.66. The number of hydrogen-bond acceptors (Lipinski definition) is 2. The Morgan fingerprint density at radius 3 is 2.56 bits per heavy atom. The molecule has 0 fully saturated rings. The Bertz CT molecular complexity index is 998. The molecule has 0 aromatic heterocycles. The Morgan fingerprint density at radius 2 is 1.81 bits per heavy atom. The van der Waals surface area contributed by atoms with Crippen molar-refractivity contribution < 1.29 is 9.90 Å². The highest BCUT2D eigenvalue weighted by molar-refractivity contribution is 6.31. The number of anilines is 2. The van der Waals surface area contributed by atoms with Crippen LogP contribution in [-0.4, -0.2) is 17.6 Å². The third-order valence-electron chi connectivity index (χ3n) is 5.25. The number of rotatable bonds is 4. The topological polar surface area (TPSA) is 40.5 Å². The lowest BCUT2D eigenvalue weighted by molar-refractivity contribution is -0.137. The van der Waals surface area contributed by atoms with Crippen molar-refractivity contribution >= 4 is 28.9 Å². The number of carboxylic acids is 1. The normalized spacial score (nSPS) is 15.6. The molecule has 0 saturated heterocycles. The van der Waals surface area contributed by atoms with Crippen LogP contribution in [0.3, 0.4) is 0 Å². The average molecular weight is 378 g/mol. The summed E-state index contributed by atoms with van der Waals surface area (Å²) in [7, 11) is 0. The fourth-order valence-electron chi connectivity index (χ4n) is 3.87. The SMILES string of the molecule is Cc1c(Cl)cccc1-c1ccc(N2CC(CC(=O)O)c3ccccc32)cc1. The van der Waals surface area contributed by atoms with Crippen molar-refractivity contribution in [3.05, 3.63) is 82.9 Å². The summed E-state index contributed by atoms with van der Waals surface area (Å²) in [5.74, 6) is -0.753. The van der Waals surface area contributed by atoms with Crippen molar-refractivity contribution in [2.45, 2.75) is 19.3 Å². The molecule has 0 aliphatic carbocycles. The molecule has 0 radical (unpaired) electrons. The number of nitrogens with zero attached hydrogens (tertiary/aromatic N) is 1. The van der Waals surface area contributed by atoms with E-state index in [9.17, 15) is 9.90 Å². The molecule has 27 heavy (non-hydrogen) atoms. The Kier molecular flexibility index (Phi) is 4.63. The fraction of sp³-hybridized carbons (Fsp3) is 0.174. The molecule has 0 amide bonds. The van der Waals surface area contributed by atoms with Crippen molar-refractivity contribution in [1.29, 1.82) is 0 Å². The maximum absolute atomic E-state index is 11.2. The number of para-hydroxylation sites is 1. The van der Waals surface area contributed by atoms with E-state index in [1.807, 2.05) is 37.3 Å². The first-order valence-corrected chi connectivity index (χ1v) is 9.36. The molecule has 3 aromatic carbocycles. The number of hydrogen-bond donors (Lipinski definition) is 1. The van der Waals surface area contributed by atoms with Gasteiger partial charge >= 0.3 is 5.97 Å². The lowest BCUT2D eigenvalue weighted by Gasteiger charge is -2.20. The lowest BCUT2D eigenvalue weighted by atomic mass is 9.98. The zero-order chi connectivity index (χ0) is 19.0. The van der Waals surface area contributed by atoms with Crippen LogP contribution in [-0.2, 0) is 4.79 Å². The molecule has 0 saturated carbocycles. The Balaban J connectivity index is 1.67. The van der Waals surface area contributed by atoms with Gasteiger partial charge in [0.2, 0.25) is 0 Å². The molecule has 1 N–H and O–H groups in total. The van der Waals surface area contributed by atoms with Gasteiger partial charge in [-0.15, -0.1) is 0 Å². The van der Waals surface area contributed by atoms with Crippen molar-refractivity contribution in [2.75, 3.05) is 11.4 Å². The number of benzene rings is 3. The largest absolute Gasteiger partial charge is 0.481 e. The molecule has 4 heteroatoms. The summed E-state index contributed by atoms with van der Waals surface area (Å²) in [6, 6.07) is 22.4. The molecule has 3 aromatic rings. The minimum absolute atomic E-state index is 0.00792. The third kappa shape index (κ3) is 3.31. The van der Waals surface area contributed by atoms with Gasteiger partial charge < -0.3 is 10.0 Å². The van der Waals surface area contributed by atoms with Gasteiger partial charge in [-0.2, -0.15) is 0 Å². The van der Waals surface area contributed by atoms with Gasteiger partial charge in [-0.25, -0.2) is 0 Å². The maximum atomic E-state index is 11.2. The molecular formula is C23H20ClNO2. The van der Waals surface area contributed by atoms with Crippen LogP contribution in [0.5, 0.6) is 0 Å². The minimum Gasteiger partial charge on any atom is -0.481 e. The second-order valence-electron chi connectivity index (χ2n) is 6.92. The molecule has 1 atom stereocenters. The highest BCUT2D eigenvalue weighted by Crippen LogP contribution is 2.42. The van der Waals surface area contributed by atoms with Crippen LogP contribution >= 0.6 is 11.6 Å². The summed E-state index contributed by atoms with van der Waals surface area (Å²) in [5.41, 5.74) is 6.58. The number of fused-ring (bicyclic) bond motifs is 1. The quantitative estimate of drug-likeness (QED) is 0.603. The predicted octanol–water partition coefficient (Wildman–Crippen LogP) is 6.03. The van der Waals surface area contributed by atoms with E-state index in [2.05, 4.69) is 41.3 Å². The monoisotopic (exact) mass is 377 g/mol. The van der Waals surface area contributed by atoms with Crippen LogP contribution in [0.4, 0.5) is 11.4 Å². The number of halogens is 1. The molecule has 136 valence electrons. The smallest absolute Gasteiger partial charge is 0.304 e. The van der Waals surface area contributed by atoms with Crippen LogP contribution in [0.1, 0.15) is 23.5 Å². The van der Waals surface area contributed by atoms with E-state index in [1.54, 1.807) is 0 Å². The summed E-state index contributed by atoms with van der Waals surface area (Å²) in [6.07, 6.45) is 0.146. The molecular weight excluding hydrogens is 358 g/mol. The van der Waals surface area contributed by atoms with Crippen molar-refractivity contribution in [2.24, 2.45) is 0 Å². The second-order valence-corrected chi connectivity index (χ2v) is 7.33. The summed E-state index contributed by atoms with van der Waals surface area (Å²) in [6.45, 7) is 2.71. The van der Waals surface area contributed by atoms with E-state index >= 15 is 0 Å². The molecule has 4 rings (SSSR count). The van der Waals surface area contributed by atoms with Gasteiger partial charge in [0.1, 0.15) is 0 Å². The summed E-state index contributed by atoms with van der Waals surface area (Å²) < 4.78 is 0. The standard InChI is InChI=1S/C23H20ClNO2/c1-15-19(6-4-7-21(15)24)16-9-11-18(12-10-16)25-14-17(13-23(26)27)20-5-2-3-8-22(20)25/h2-12,17H,13-14H2,1H3,(H,26,27). The van der Waals surface area contributed by atoms with E-state index in [1.165, 1.54) is 0 Å². The van der Waals surface area contributed by atoms with Gasteiger partial charge in [0.25, 0.3) is 0 Å². The fourth-order valence-corrected chi connectivity index (χ4v) is 4.04. The van der Waals surface area contributed by atoms with Crippen molar-refractivity contribution in [3.63, 3.8) is 0 Å². The zero-order valence-corrected chi connectivity index (χ0v) is 15.8. The van der Waals surface area contributed by atoms with Gasteiger partial charge in [0.05, 0.1) is 6.42 Å². The summed E-state index contributed by atoms with van der Waals surface area (Å²) >= 11 is 6.26. The molecule has 1 unspecified atom stereocenters. The maximum Gasteiger partial charge on any atom is 0.304 e. The molecule has 1 aliphatic heterocycles. The average Bonchev–Trinajstić information content (AvgIpc) is 3.02. The van der Waals surface area contributed by atoms with E-state index < -0.39 is 5.97 Å². The van der Waals surface area contributed by atoms with Crippen molar-refractivity contribution in [3.8, 4) is 11.1 Å². The van der Waals surface area contributed by atoms with Gasteiger partial charge in [-0.3, -0.25) is 4.79 Å². The number of aliphatic carboxylic acids is 1. The Morgan fingerprint density at radius 1 is 1.07 bits per heavy atom. The van der Waals surface area contributed by atoms with Crippen LogP contribution in [0.2, 0.25) is 5.02 Å². The van der Waals surface area contributed by atoms with Crippen LogP contribution in [0.15, 0.2) is 66.7 Å². The summed E-state index contributed by atoms with van der Waals surface area (Å²) in [5, 5.41) is 10.0. The van der Waals surface area contributed by atoms with E-state index in [0.29, 0.717) is 6.54 Å². The number of carbonyl (C=O) groups is 1. The van der Waals surface area contributed by atoms with Crippen LogP contribution in [0.25, 0.3) is 11.1 Å². The van der Waals surface area contributed by atoms with Crippen molar-refractivity contribution in [1.82, 2.24) is 0 Å². The molecule has 0 bridgehead atoms. The first kappa shape index (κ1) is 17.6. The zero-order valence-electron chi connectivity index (χ0n) is 15.0.